The molecule has 0 bridgehead atoms. The van der Waals surface area contributed by atoms with Crippen LogP contribution in [-0.4, -0.2) is 12.8 Å². The van der Waals surface area contributed by atoms with E-state index in [0.29, 0.717) is 23.3 Å². The lowest BCUT2D eigenvalue weighted by Crippen LogP contribution is -2.21. The highest BCUT2D eigenvalue weighted by molar-refractivity contribution is 5.88. The molecule has 0 heterocycles. The molecule has 20 heavy (non-hydrogen) atoms. The molecule has 0 fully saturated rings. The van der Waals surface area contributed by atoms with Gasteiger partial charge >= 0.3 is 6.18 Å². The summed E-state index contributed by atoms with van der Waals surface area (Å²) in [6.45, 7) is 2.17. The van der Waals surface area contributed by atoms with Crippen molar-refractivity contribution in [1.82, 2.24) is 0 Å². The van der Waals surface area contributed by atoms with Crippen molar-refractivity contribution in [3.8, 4) is 5.75 Å². The Morgan fingerprint density at radius 3 is 2.50 bits per heavy atom. The summed E-state index contributed by atoms with van der Waals surface area (Å²) in [6.07, 6.45) is -5.37. The number of alkyl halides is 3. The van der Waals surface area contributed by atoms with E-state index in [-0.39, 0.29) is 0 Å². The fraction of sp³-hybridized carbons (Fsp3) is 0.333. The van der Waals surface area contributed by atoms with Crippen LogP contribution in [0.15, 0.2) is 36.4 Å². The topological polar surface area (TPSA) is 35.2 Å². The molecule has 108 valence electrons. The Bertz CT molecular complexity index is 595. The minimum Gasteiger partial charge on any atom is -0.494 e. The average molecular weight is 283 g/mol. The van der Waals surface area contributed by atoms with Gasteiger partial charge in [-0.25, -0.2) is 0 Å². The van der Waals surface area contributed by atoms with Crippen LogP contribution < -0.4 is 10.5 Å². The lowest BCUT2D eigenvalue weighted by Gasteiger charge is -2.20. The van der Waals surface area contributed by atoms with Gasteiger partial charge in [0.05, 0.1) is 13.0 Å². The van der Waals surface area contributed by atoms with Crippen molar-refractivity contribution in [3.63, 3.8) is 0 Å². The van der Waals surface area contributed by atoms with Crippen LogP contribution in [0.1, 0.15) is 24.9 Å². The first-order valence-corrected chi connectivity index (χ1v) is 6.39. The number of halogens is 3. The standard InChI is InChI=1S/C15H16F3NO/c1-2-20-13-8-7-10-5-3-4-6-11(10)14(13)12(19)9-15(16,17)18/h3-8,12H,2,9,19H2,1H3/t12-/m0/s1. The fourth-order valence-electron chi connectivity index (χ4n) is 2.29. The van der Waals surface area contributed by atoms with Crippen molar-refractivity contribution >= 4 is 10.8 Å². The lowest BCUT2D eigenvalue weighted by atomic mass is 9.96. The fourth-order valence-corrected chi connectivity index (χ4v) is 2.29. The molecule has 0 aliphatic heterocycles. The molecule has 0 spiro atoms. The van der Waals surface area contributed by atoms with Gasteiger partial charge < -0.3 is 10.5 Å². The highest BCUT2D eigenvalue weighted by Gasteiger charge is 2.32. The first-order valence-electron chi connectivity index (χ1n) is 6.39. The number of benzene rings is 2. The number of hydrogen-bond acceptors (Lipinski definition) is 2. The first-order chi connectivity index (χ1) is 9.42. The maximum atomic E-state index is 12.6. The molecule has 0 aliphatic carbocycles. The number of rotatable bonds is 4. The molecule has 0 aliphatic rings. The SMILES string of the molecule is CCOc1ccc2ccccc2c1[C@@H](N)CC(F)(F)F. The molecule has 2 N–H and O–H groups in total. The van der Waals surface area contributed by atoms with Crippen LogP contribution in [0, 0.1) is 0 Å². The van der Waals surface area contributed by atoms with E-state index in [4.69, 9.17) is 10.5 Å². The number of ether oxygens (including phenoxy) is 1. The molecule has 2 nitrogen and oxygen atoms in total. The molecular weight excluding hydrogens is 267 g/mol. The van der Waals surface area contributed by atoms with Gasteiger partial charge in [0.15, 0.2) is 0 Å². The molecule has 0 amide bonds. The second kappa shape index (κ2) is 5.71. The summed E-state index contributed by atoms with van der Waals surface area (Å²) in [5, 5.41) is 1.55. The number of fused-ring (bicyclic) bond motifs is 1. The van der Waals surface area contributed by atoms with Crippen LogP contribution in [0.2, 0.25) is 0 Å². The van der Waals surface area contributed by atoms with E-state index in [1.165, 1.54) is 0 Å². The summed E-state index contributed by atoms with van der Waals surface area (Å²) in [5.74, 6) is 0.419. The molecule has 0 unspecified atom stereocenters. The normalized spacial score (nSPS) is 13.4. The zero-order valence-corrected chi connectivity index (χ0v) is 11.1. The monoisotopic (exact) mass is 283 g/mol. The highest BCUT2D eigenvalue weighted by Crippen LogP contribution is 2.37. The van der Waals surface area contributed by atoms with E-state index in [0.717, 1.165) is 5.39 Å². The smallest absolute Gasteiger partial charge is 0.390 e. The van der Waals surface area contributed by atoms with Crippen molar-refractivity contribution in [3.05, 3.63) is 42.0 Å². The molecule has 5 heteroatoms. The van der Waals surface area contributed by atoms with Gasteiger partial charge in [0.1, 0.15) is 5.75 Å². The average Bonchev–Trinajstić information content (AvgIpc) is 2.36. The van der Waals surface area contributed by atoms with E-state index < -0.39 is 18.6 Å². The Morgan fingerprint density at radius 2 is 1.85 bits per heavy atom. The summed E-state index contributed by atoms with van der Waals surface area (Å²) < 4.78 is 43.2. The number of hydrogen-bond donors (Lipinski definition) is 1. The third-order valence-corrected chi connectivity index (χ3v) is 3.05. The molecule has 0 saturated carbocycles. The Hall–Kier alpha value is -1.75. The summed E-state index contributed by atoms with van der Waals surface area (Å²) in [5.41, 5.74) is 6.20. The predicted molar refractivity (Wildman–Crippen MR) is 72.7 cm³/mol. The van der Waals surface area contributed by atoms with Crippen LogP contribution in [0.3, 0.4) is 0 Å². The van der Waals surface area contributed by atoms with Gasteiger partial charge in [-0.1, -0.05) is 30.3 Å². The molecule has 2 rings (SSSR count). The molecule has 2 aromatic carbocycles. The highest BCUT2D eigenvalue weighted by atomic mass is 19.4. The van der Waals surface area contributed by atoms with Crippen LogP contribution in [0.5, 0.6) is 5.75 Å². The molecule has 0 aromatic heterocycles. The minimum atomic E-state index is -4.31. The summed E-state index contributed by atoms with van der Waals surface area (Å²) in [6, 6.07) is 9.59. The molecule has 1 atom stereocenters. The lowest BCUT2D eigenvalue weighted by molar-refractivity contribution is -0.138. The van der Waals surface area contributed by atoms with Crippen LogP contribution >= 0.6 is 0 Å². The van der Waals surface area contributed by atoms with Gasteiger partial charge in [-0.2, -0.15) is 13.2 Å². The molecule has 0 saturated heterocycles. The first kappa shape index (κ1) is 14.7. The Labute approximate surface area is 115 Å². The van der Waals surface area contributed by atoms with Crippen LogP contribution in [0.25, 0.3) is 10.8 Å². The van der Waals surface area contributed by atoms with E-state index in [1.807, 2.05) is 18.2 Å². The summed E-state index contributed by atoms with van der Waals surface area (Å²) in [4.78, 5) is 0. The van der Waals surface area contributed by atoms with E-state index >= 15 is 0 Å². The van der Waals surface area contributed by atoms with Gasteiger partial charge in [-0.3, -0.25) is 0 Å². The van der Waals surface area contributed by atoms with Crippen LogP contribution in [0.4, 0.5) is 13.2 Å². The van der Waals surface area contributed by atoms with Crippen molar-refractivity contribution in [1.29, 1.82) is 0 Å². The van der Waals surface area contributed by atoms with Gasteiger partial charge in [0, 0.05) is 11.6 Å². The van der Waals surface area contributed by atoms with Gasteiger partial charge in [-0.05, 0) is 23.8 Å². The predicted octanol–water partition coefficient (Wildman–Crippen LogP) is 4.19. The largest absolute Gasteiger partial charge is 0.494 e. The second-order valence-electron chi connectivity index (χ2n) is 4.56. The van der Waals surface area contributed by atoms with Crippen LogP contribution in [-0.2, 0) is 0 Å². The summed E-state index contributed by atoms with van der Waals surface area (Å²) in [7, 11) is 0. The van der Waals surface area contributed by atoms with Crippen molar-refractivity contribution in [2.45, 2.75) is 25.6 Å². The molecular formula is C15H16F3NO. The third kappa shape index (κ3) is 3.22. The Kier molecular flexibility index (Phi) is 4.18. The van der Waals surface area contributed by atoms with Crippen molar-refractivity contribution < 1.29 is 17.9 Å². The third-order valence-electron chi connectivity index (χ3n) is 3.05. The quantitative estimate of drug-likeness (QED) is 0.913. The second-order valence-corrected chi connectivity index (χ2v) is 4.56. The van der Waals surface area contributed by atoms with Gasteiger partial charge in [0.2, 0.25) is 0 Å². The van der Waals surface area contributed by atoms with Gasteiger partial charge in [-0.15, -0.1) is 0 Å². The van der Waals surface area contributed by atoms with Crippen molar-refractivity contribution in [2.24, 2.45) is 5.73 Å². The maximum Gasteiger partial charge on any atom is 0.390 e. The molecule has 0 radical (unpaired) electrons. The van der Waals surface area contributed by atoms with E-state index in [1.54, 1.807) is 25.1 Å². The zero-order chi connectivity index (χ0) is 14.8. The zero-order valence-electron chi connectivity index (χ0n) is 11.1. The minimum absolute atomic E-state index is 0.379. The maximum absolute atomic E-state index is 12.6. The van der Waals surface area contributed by atoms with Gasteiger partial charge in [0.25, 0.3) is 0 Å². The number of nitrogens with two attached hydrogens (primary N) is 1. The van der Waals surface area contributed by atoms with E-state index in [9.17, 15) is 13.2 Å². The van der Waals surface area contributed by atoms with Crippen molar-refractivity contribution in [2.75, 3.05) is 6.61 Å². The Morgan fingerprint density at radius 1 is 1.15 bits per heavy atom. The van der Waals surface area contributed by atoms with E-state index in [2.05, 4.69) is 0 Å². The molecule has 2 aromatic rings. The Balaban J connectivity index is 2.54. The summed E-state index contributed by atoms with van der Waals surface area (Å²) >= 11 is 0.